The number of fused-ring (bicyclic) bond motifs is 1. The third kappa shape index (κ3) is 8.16. The quantitative estimate of drug-likeness (QED) is 0.282. The minimum atomic E-state index is -0.999. The molecule has 5 aliphatic rings. The van der Waals surface area contributed by atoms with Crippen LogP contribution in [0, 0.1) is 17.2 Å². The summed E-state index contributed by atoms with van der Waals surface area (Å²) < 4.78 is 6.22. The molecule has 1 saturated carbocycles. The summed E-state index contributed by atoms with van der Waals surface area (Å²) in [6.07, 6.45) is 5.72. The molecule has 0 spiro atoms. The molecule has 3 atom stereocenters. The summed E-state index contributed by atoms with van der Waals surface area (Å²) in [6, 6.07) is 15.5. The lowest BCUT2D eigenvalue weighted by atomic mass is 9.86. The van der Waals surface area contributed by atoms with Gasteiger partial charge in [0, 0.05) is 75.8 Å². The fourth-order valence-electron chi connectivity index (χ4n) is 9.00. The van der Waals surface area contributed by atoms with Crippen molar-refractivity contribution in [3.8, 4) is 11.8 Å². The van der Waals surface area contributed by atoms with Gasteiger partial charge in [-0.2, -0.15) is 5.26 Å². The Morgan fingerprint density at radius 1 is 0.983 bits per heavy atom. The van der Waals surface area contributed by atoms with Gasteiger partial charge in [-0.15, -0.1) is 0 Å². The van der Waals surface area contributed by atoms with Gasteiger partial charge >= 0.3 is 6.03 Å². The zero-order valence-electron chi connectivity index (χ0n) is 33.4. The largest absolute Gasteiger partial charge is 0.490 e. The third-order valence-corrected chi connectivity index (χ3v) is 12.9. The van der Waals surface area contributed by atoms with Crippen molar-refractivity contribution in [2.75, 3.05) is 54.9 Å². The minimum absolute atomic E-state index is 0.00283. The van der Waals surface area contributed by atoms with E-state index in [0.717, 1.165) is 61.7 Å². The first-order valence-corrected chi connectivity index (χ1v) is 20.7. The third-order valence-electron chi connectivity index (χ3n) is 12.5. The van der Waals surface area contributed by atoms with E-state index in [1.54, 1.807) is 30.5 Å². The molecule has 4 fully saturated rings. The predicted octanol–water partition coefficient (Wildman–Crippen LogP) is 4.90. The molecule has 0 bridgehead atoms. The van der Waals surface area contributed by atoms with Gasteiger partial charge < -0.3 is 29.7 Å². The number of piperazine rings is 1. The van der Waals surface area contributed by atoms with Crippen LogP contribution in [0.25, 0.3) is 0 Å². The SMILES string of the molecule is C[C@@H]1CN(c2ccc(C#N)c(Cl)c2)[C@@H](C)CN1C(=O)Nc1ccc(N2CCC(CN(C)C3CC(Oc4ccc5c(c4)C(=O)N(C4CCC(=O)NC4=O)C5=O)C3)CC2)nc1. The number of nitriles is 1. The Labute approximate surface area is 348 Å². The zero-order chi connectivity index (χ0) is 41.5. The van der Waals surface area contributed by atoms with E-state index >= 15 is 0 Å². The van der Waals surface area contributed by atoms with Crippen LogP contribution in [0.3, 0.4) is 0 Å². The second-order valence-corrected chi connectivity index (χ2v) is 16.9. The van der Waals surface area contributed by atoms with Gasteiger partial charge in [0.25, 0.3) is 11.8 Å². The number of imide groups is 2. The summed E-state index contributed by atoms with van der Waals surface area (Å²) in [5.74, 6) is -0.139. The average molecular weight is 822 g/mol. The topological polar surface area (TPSA) is 172 Å². The van der Waals surface area contributed by atoms with Crippen molar-refractivity contribution in [2.45, 2.75) is 82.6 Å². The first-order chi connectivity index (χ1) is 28.4. The number of carbonyl (C=O) groups excluding carboxylic acids is 5. The number of nitrogens with one attached hydrogen (secondary N) is 2. The number of hydrogen-bond acceptors (Lipinski definition) is 11. The maximum atomic E-state index is 13.4. The van der Waals surface area contributed by atoms with Crippen LogP contribution < -0.4 is 25.2 Å². The van der Waals surface area contributed by atoms with Crippen molar-refractivity contribution >= 4 is 58.5 Å². The van der Waals surface area contributed by atoms with Crippen LogP contribution in [0.1, 0.15) is 78.7 Å². The first-order valence-electron chi connectivity index (χ1n) is 20.3. The highest BCUT2D eigenvalue weighted by molar-refractivity contribution is 6.32. The summed E-state index contributed by atoms with van der Waals surface area (Å²) in [5.41, 5.74) is 2.48. The number of benzene rings is 2. The molecule has 16 heteroatoms. The van der Waals surface area contributed by atoms with Gasteiger partial charge in [-0.25, -0.2) is 9.78 Å². The van der Waals surface area contributed by atoms with Crippen LogP contribution in [0.4, 0.5) is 22.0 Å². The van der Waals surface area contributed by atoms with Gasteiger partial charge in [-0.1, -0.05) is 11.6 Å². The Bertz CT molecular complexity index is 2200. The van der Waals surface area contributed by atoms with Crippen LogP contribution in [0.2, 0.25) is 5.02 Å². The maximum absolute atomic E-state index is 13.4. The molecule has 15 nitrogen and oxygen atoms in total. The van der Waals surface area contributed by atoms with Crippen LogP contribution in [-0.2, 0) is 9.59 Å². The van der Waals surface area contributed by atoms with E-state index < -0.39 is 29.7 Å². The number of ether oxygens (including phenoxy) is 1. The number of piperidine rings is 2. The first kappa shape index (κ1) is 40.1. The second kappa shape index (κ2) is 16.5. The number of halogens is 1. The fraction of sp³-hybridized carbons (Fsp3) is 0.465. The van der Waals surface area contributed by atoms with Crippen LogP contribution in [0.5, 0.6) is 5.75 Å². The summed E-state index contributed by atoms with van der Waals surface area (Å²) >= 11 is 6.30. The molecule has 3 aromatic rings. The molecule has 2 aromatic carbocycles. The van der Waals surface area contributed by atoms with Crippen molar-refractivity contribution < 1.29 is 28.7 Å². The van der Waals surface area contributed by atoms with Gasteiger partial charge in [0.2, 0.25) is 11.8 Å². The standard InChI is InChI=1S/C43H48ClN9O6/c1-25-23-52(26(2)22-51(25)30-6-4-28(20-45)36(44)18-30)43(58)47-29-5-10-38(46-21-29)50-14-12-27(13-15-50)24-49(3)31-16-33(17-31)59-32-7-8-34-35(19-32)42(57)53(41(34)56)37-9-11-39(54)48-40(37)55/h4-8,10,18-19,21,25-27,31,33,37H,9,11-17,22-24H2,1-3H3,(H,47,58)(H,48,54,55)/t25-,26+,31?,33?,37?/m0/s1. The van der Waals surface area contributed by atoms with E-state index in [1.807, 2.05) is 36.1 Å². The lowest BCUT2D eigenvalue weighted by Crippen LogP contribution is -2.59. The number of rotatable bonds is 9. The van der Waals surface area contributed by atoms with Crippen molar-refractivity contribution in [3.63, 3.8) is 0 Å². The predicted molar refractivity (Wildman–Crippen MR) is 221 cm³/mol. The second-order valence-electron chi connectivity index (χ2n) is 16.5. The molecule has 0 radical (unpaired) electrons. The highest BCUT2D eigenvalue weighted by atomic mass is 35.5. The van der Waals surface area contributed by atoms with Crippen molar-refractivity contribution in [3.05, 3.63) is 76.4 Å². The number of nitrogens with zero attached hydrogens (tertiary/aromatic N) is 7. The van der Waals surface area contributed by atoms with Crippen LogP contribution >= 0.6 is 11.6 Å². The smallest absolute Gasteiger partial charge is 0.322 e. The van der Waals surface area contributed by atoms with Crippen LogP contribution in [-0.4, -0.2) is 119 Å². The number of hydrogen-bond donors (Lipinski definition) is 2. The molecule has 2 N–H and O–H groups in total. The van der Waals surface area contributed by atoms with Crippen LogP contribution in [0.15, 0.2) is 54.7 Å². The van der Waals surface area contributed by atoms with E-state index in [9.17, 15) is 29.2 Å². The van der Waals surface area contributed by atoms with Gasteiger partial charge in [0.1, 0.15) is 29.8 Å². The number of anilines is 3. The monoisotopic (exact) mass is 821 g/mol. The Morgan fingerprint density at radius 2 is 1.75 bits per heavy atom. The van der Waals surface area contributed by atoms with Gasteiger partial charge in [0.05, 0.1) is 33.6 Å². The lowest BCUT2D eigenvalue weighted by Gasteiger charge is -2.45. The molecule has 1 aliphatic carbocycles. The lowest BCUT2D eigenvalue weighted by molar-refractivity contribution is -0.136. The summed E-state index contributed by atoms with van der Waals surface area (Å²) in [5, 5.41) is 14.9. The number of carbonyl (C=O) groups is 5. The van der Waals surface area contributed by atoms with Crippen molar-refractivity contribution in [1.29, 1.82) is 5.26 Å². The molecule has 6 amide bonds. The Kier molecular flexibility index (Phi) is 11.2. The molecule has 308 valence electrons. The minimum Gasteiger partial charge on any atom is -0.490 e. The maximum Gasteiger partial charge on any atom is 0.322 e. The van der Waals surface area contributed by atoms with Gasteiger partial charge in [-0.3, -0.25) is 29.4 Å². The van der Waals surface area contributed by atoms with Gasteiger partial charge in [-0.05, 0) is 94.6 Å². The summed E-state index contributed by atoms with van der Waals surface area (Å²) in [6.45, 7) is 8.06. The highest BCUT2D eigenvalue weighted by Gasteiger charge is 2.45. The molecular formula is C43H48ClN9O6. The van der Waals surface area contributed by atoms with Crippen molar-refractivity contribution in [2.24, 2.45) is 5.92 Å². The number of urea groups is 1. The van der Waals surface area contributed by atoms with E-state index in [-0.39, 0.29) is 48.2 Å². The van der Waals surface area contributed by atoms with Gasteiger partial charge in [0.15, 0.2) is 0 Å². The molecule has 59 heavy (non-hydrogen) atoms. The Hall–Kier alpha value is -5.72. The normalized spacial score (nSPS) is 24.8. The van der Waals surface area contributed by atoms with E-state index in [2.05, 4.69) is 45.4 Å². The van der Waals surface area contributed by atoms with Crippen molar-refractivity contribution in [1.82, 2.24) is 25.0 Å². The number of pyridine rings is 1. The molecule has 8 rings (SSSR count). The molecular weight excluding hydrogens is 774 g/mol. The molecule has 1 unspecified atom stereocenters. The molecule has 1 aromatic heterocycles. The van der Waals surface area contributed by atoms with E-state index in [1.165, 1.54) is 0 Å². The molecule has 5 heterocycles. The Morgan fingerprint density at radius 3 is 2.44 bits per heavy atom. The fourth-order valence-corrected chi connectivity index (χ4v) is 9.21. The van der Waals surface area contributed by atoms with E-state index in [0.29, 0.717) is 47.1 Å². The number of amides is 6. The summed E-state index contributed by atoms with van der Waals surface area (Å²) in [4.78, 5) is 78.0. The molecule has 3 saturated heterocycles. The Balaban J connectivity index is 0.759. The average Bonchev–Trinajstić information content (AvgIpc) is 3.45. The summed E-state index contributed by atoms with van der Waals surface area (Å²) in [7, 11) is 2.16. The zero-order valence-corrected chi connectivity index (χ0v) is 34.2. The highest BCUT2D eigenvalue weighted by Crippen LogP contribution is 2.35. The van der Waals surface area contributed by atoms with E-state index in [4.69, 9.17) is 21.3 Å². The number of aromatic nitrogens is 1. The molecule has 4 aliphatic heterocycles.